The number of rotatable bonds is 7. The number of piperidine rings is 1. The number of benzene rings is 1. The van der Waals surface area contributed by atoms with Gasteiger partial charge in [-0.3, -0.25) is 9.59 Å². The number of pyridine rings is 1. The summed E-state index contributed by atoms with van der Waals surface area (Å²) in [6, 6.07) is 7.06. The van der Waals surface area contributed by atoms with E-state index in [-0.39, 0.29) is 35.5 Å². The van der Waals surface area contributed by atoms with Crippen LogP contribution in [0.2, 0.25) is 5.02 Å². The molecule has 2 aromatic rings. The molecule has 0 saturated carbocycles. The maximum absolute atomic E-state index is 13.0. The molecule has 0 aliphatic carbocycles. The summed E-state index contributed by atoms with van der Waals surface area (Å²) >= 11 is 6.36. The fourth-order valence-corrected chi connectivity index (χ4v) is 4.35. The quantitative estimate of drug-likeness (QED) is 0.648. The largest absolute Gasteiger partial charge is 0.352 e. The molecule has 1 aliphatic heterocycles. The van der Waals surface area contributed by atoms with E-state index in [0.29, 0.717) is 17.5 Å². The van der Waals surface area contributed by atoms with Gasteiger partial charge in [-0.05, 0) is 76.9 Å². The van der Waals surface area contributed by atoms with Gasteiger partial charge in [-0.2, -0.15) is 0 Å². The average molecular weight is 454 g/mol. The van der Waals surface area contributed by atoms with Gasteiger partial charge in [0.2, 0.25) is 0 Å². The molecule has 0 atom stereocenters. The first-order valence-corrected chi connectivity index (χ1v) is 11.1. The maximum Gasteiger partial charge on any atom is 0.264 e. The highest BCUT2D eigenvalue weighted by molar-refractivity contribution is 6.35. The molecule has 1 aliphatic rings. The number of unbranched alkanes of at least 4 members (excludes halogenated alkanes) is 1. The lowest BCUT2D eigenvalue weighted by Crippen LogP contribution is -2.40. The van der Waals surface area contributed by atoms with E-state index in [2.05, 4.69) is 17.1 Å². The van der Waals surface area contributed by atoms with E-state index in [9.17, 15) is 9.59 Å². The molecule has 1 fully saturated rings. The standard InChI is InChI=1S/C23H32ClN3O2.ClH/c1-4-5-11-26-12-9-17(10-13-26)15-25-22(28)19-14-18-20(24)7-6-8-21(18)27(16(2)3)23(19)29;/h6-8,14,16-17H,4-5,9-13,15H2,1-3H3,(H,25,28);1H. The molecule has 1 saturated heterocycles. The van der Waals surface area contributed by atoms with Gasteiger partial charge in [-0.25, -0.2) is 0 Å². The second-order valence-corrected chi connectivity index (χ2v) is 8.76. The van der Waals surface area contributed by atoms with Crippen molar-refractivity contribution in [3.63, 3.8) is 0 Å². The van der Waals surface area contributed by atoms with E-state index in [4.69, 9.17) is 11.6 Å². The fourth-order valence-electron chi connectivity index (χ4n) is 4.13. The number of carbonyl (C=O) groups is 1. The molecule has 1 aromatic heterocycles. The first-order valence-electron chi connectivity index (χ1n) is 10.8. The molecular weight excluding hydrogens is 421 g/mol. The number of hydrogen-bond acceptors (Lipinski definition) is 3. The van der Waals surface area contributed by atoms with Crippen LogP contribution >= 0.6 is 24.0 Å². The lowest BCUT2D eigenvalue weighted by molar-refractivity contribution is 0.0934. The van der Waals surface area contributed by atoms with E-state index < -0.39 is 0 Å². The van der Waals surface area contributed by atoms with Gasteiger partial charge in [0.15, 0.2) is 0 Å². The molecule has 0 spiro atoms. The number of carbonyl (C=O) groups excluding carboxylic acids is 1. The van der Waals surface area contributed by atoms with E-state index in [1.807, 2.05) is 26.0 Å². The Kier molecular flexibility index (Phi) is 9.20. The number of nitrogens with zero attached hydrogens (tertiary/aromatic N) is 2. The van der Waals surface area contributed by atoms with Gasteiger partial charge >= 0.3 is 0 Å². The van der Waals surface area contributed by atoms with Gasteiger partial charge < -0.3 is 14.8 Å². The fraction of sp³-hybridized carbons (Fsp3) is 0.565. The van der Waals surface area contributed by atoms with Crippen molar-refractivity contribution in [3.05, 3.63) is 45.2 Å². The van der Waals surface area contributed by atoms with Crippen molar-refractivity contribution in [2.45, 2.75) is 52.5 Å². The van der Waals surface area contributed by atoms with E-state index in [0.717, 1.165) is 36.8 Å². The van der Waals surface area contributed by atoms with Crippen molar-refractivity contribution in [3.8, 4) is 0 Å². The Morgan fingerprint density at radius 3 is 2.60 bits per heavy atom. The Morgan fingerprint density at radius 1 is 1.27 bits per heavy atom. The second-order valence-electron chi connectivity index (χ2n) is 8.35. The summed E-state index contributed by atoms with van der Waals surface area (Å²) < 4.78 is 1.66. The number of halogens is 2. The Bertz CT molecular complexity index is 919. The molecule has 7 heteroatoms. The van der Waals surface area contributed by atoms with Crippen LogP contribution in [-0.4, -0.2) is 41.6 Å². The highest BCUT2D eigenvalue weighted by Crippen LogP contribution is 2.25. The molecule has 1 amide bonds. The second kappa shape index (κ2) is 11.2. The molecule has 1 aromatic carbocycles. The van der Waals surface area contributed by atoms with Gasteiger partial charge in [0.25, 0.3) is 11.5 Å². The summed E-state index contributed by atoms with van der Waals surface area (Å²) in [6.45, 7) is 10.1. The van der Waals surface area contributed by atoms with Crippen molar-refractivity contribution < 1.29 is 4.79 Å². The molecule has 0 bridgehead atoms. The minimum Gasteiger partial charge on any atom is -0.352 e. The smallest absolute Gasteiger partial charge is 0.264 e. The molecule has 0 radical (unpaired) electrons. The summed E-state index contributed by atoms with van der Waals surface area (Å²) in [7, 11) is 0. The van der Waals surface area contributed by atoms with Crippen LogP contribution in [0, 0.1) is 5.92 Å². The monoisotopic (exact) mass is 453 g/mol. The van der Waals surface area contributed by atoms with Crippen LogP contribution in [-0.2, 0) is 0 Å². The highest BCUT2D eigenvalue weighted by Gasteiger charge is 2.22. The van der Waals surface area contributed by atoms with Crippen LogP contribution < -0.4 is 10.9 Å². The van der Waals surface area contributed by atoms with Crippen LogP contribution in [0.4, 0.5) is 0 Å². The van der Waals surface area contributed by atoms with Crippen molar-refractivity contribution >= 4 is 40.8 Å². The summed E-state index contributed by atoms with van der Waals surface area (Å²) in [5.41, 5.74) is 0.662. The number of fused-ring (bicyclic) bond motifs is 1. The zero-order chi connectivity index (χ0) is 21.0. The minimum absolute atomic E-state index is 0. The SMILES string of the molecule is CCCCN1CCC(CNC(=O)c2cc3c(Cl)cccc3n(C(C)C)c2=O)CC1.Cl. The van der Waals surface area contributed by atoms with Gasteiger partial charge in [-0.1, -0.05) is 31.0 Å². The predicted octanol–water partition coefficient (Wildman–Crippen LogP) is 4.90. The Labute approximate surface area is 190 Å². The van der Waals surface area contributed by atoms with E-state index in [1.54, 1.807) is 16.7 Å². The number of hydrogen-bond donors (Lipinski definition) is 1. The van der Waals surface area contributed by atoms with Gasteiger partial charge in [-0.15, -0.1) is 12.4 Å². The molecule has 1 N–H and O–H groups in total. The first kappa shape index (κ1) is 24.7. The minimum atomic E-state index is -0.306. The third kappa shape index (κ3) is 5.57. The number of nitrogens with one attached hydrogen (secondary N) is 1. The normalized spacial score (nSPS) is 15.4. The number of aromatic nitrogens is 1. The summed E-state index contributed by atoms with van der Waals surface area (Å²) in [4.78, 5) is 28.4. The molecule has 3 rings (SSSR count). The van der Waals surface area contributed by atoms with Gasteiger partial charge in [0.1, 0.15) is 5.56 Å². The zero-order valence-electron chi connectivity index (χ0n) is 18.1. The average Bonchev–Trinajstić information content (AvgIpc) is 2.70. The number of likely N-dealkylation sites (tertiary alicyclic amines) is 1. The Balaban J connectivity index is 0.00000320. The van der Waals surface area contributed by atoms with Crippen molar-refractivity contribution in [1.82, 2.24) is 14.8 Å². The Morgan fingerprint density at radius 2 is 1.97 bits per heavy atom. The third-order valence-electron chi connectivity index (χ3n) is 5.87. The first-order chi connectivity index (χ1) is 13.9. The van der Waals surface area contributed by atoms with Crippen molar-refractivity contribution in [2.75, 3.05) is 26.2 Å². The van der Waals surface area contributed by atoms with Crippen LogP contribution in [0.5, 0.6) is 0 Å². The van der Waals surface area contributed by atoms with Crippen molar-refractivity contribution in [1.29, 1.82) is 0 Å². The van der Waals surface area contributed by atoms with Crippen LogP contribution in [0.1, 0.15) is 62.9 Å². The maximum atomic E-state index is 13.0. The van der Waals surface area contributed by atoms with E-state index in [1.165, 1.54) is 19.4 Å². The van der Waals surface area contributed by atoms with Crippen LogP contribution in [0.25, 0.3) is 10.9 Å². The van der Waals surface area contributed by atoms with Crippen molar-refractivity contribution in [2.24, 2.45) is 5.92 Å². The summed E-state index contributed by atoms with van der Waals surface area (Å²) in [5.74, 6) is 0.160. The van der Waals surface area contributed by atoms with Gasteiger partial charge in [0, 0.05) is 23.0 Å². The summed E-state index contributed by atoms with van der Waals surface area (Å²) in [5, 5.41) is 4.28. The molecule has 2 heterocycles. The lowest BCUT2D eigenvalue weighted by Gasteiger charge is -2.31. The summed E-state index contributed by atoms with van der Waals surface area (Å²) in [6.07, 6.45) is 4.64. The van der Waals surface area contributed by atoms with Gasteiger partial charge in [0.05, 0.1) is 5.52 Å². The lowest BCUT2D eigenvalue weighted by atomic mass is 9.96. The molecule has 0 unspecified atom stereocenters. The topological polar surface area (TPSA) is 54.3 Å². The van der Waals surface area contributed by atoms with E-state index >= 15 is 0 Å². The predicted molar refractivity (Wildman–Crippen MR) is 127 cm³/mol. The molecular formula is C23H33Cl2N3O2. The highest BCUT2D eigenvalue weighted by atomic mass is 35.5. The Hall–Kier alpha value is -1.56. The number of amides is 1. The third-order valence-corrected chi connectivity index (χ3v) is 6.20. The van der Waals surface area contributed by atoms with Crippen LogP contribution in [0.3, 0.4) is 0 Å². The molecule has 166 valence electrons. The molecule has 5 nitrogen and oxygen atoms in total. The van der Waals surface area contributed by atoms with Crippen LogP contribution in [0.15, 0.2) is 29.1 Å². The zero-order valence-corrected chi connectivity index (χ0v) is 19.7. The molecule has 30 heavy (non-hydrogen) atoms.